The second-order valence-corrected chi connectivity index (χ2v) is 9.70. The van der Waals surface area contributed by atoms with Crippen LogP contribution in [0.4, 0.5) is 10.6 Å². The average molecular weight is 513 g/mol. The molecule has 2 aliphatic rings. The first-order valence-corrected chi connectivity index (χ1v) is 13.1. The highest BCUT2D eigenvalue weighted by molar-refractivity contribution is 7.99. The lowest BCUT2D eigenvalue weighted by Gasteiger charge is -2.40. The molecule has 1 aromatic rings. The van der Waals surface area contributed by atoms with Crippen molar-refractivity contribution in [3.63, 3.8) is 0 Å². The summed E-state index contributed by atoms with van der Waals surface area (Å²) < 4.78 is 5.12. The Hall–Kier alpha value is -2.27. The Morgan fingerprint density at radius 3 is 2.71 bits per heavy atom. The van der Waals surface area contributed by atoms with Crippen LogP contribution in [-0.2, 0) is 14.3 Å². The van der Waals surface area contributed by atoms with Gasteiger partial charge >= 0.3 is 12.0 Å². The van der Waals surface area contributed by atoms with Gasteiger partial charge in [0.1, 0.15) is 11.0 Å². The summed E-state index contributed by atoms with van der Waals surface area (Å²) in [6, 6.07) is 1.66. The number of piperazine rings is 1. The van der Waals surface area contributed by atoms with E-state index in [4.69, 9.17) is 16.3 Å². The number of aromatic nitrogens is 2. The van der Waals surface area contributed by atoms with Crippen molar-refractivity contribution in [1.29, 1.82) is 0 Å². The molecule has 2 atom stereocenters. The molecule has 2 fully saturated rings. The summed E-state index contributed by atoms with van der Waals surface area (Å²) >= 11 is 7.49. The largest absolute Gasteiger partial charge is 0.466 e. The van der Waals surface area contributed by atoms with Crippen molar-refractivity contribution < 1.29 is 19.1 Å². The normalized spacial score (nSPS) is 20.8. The summed E-state index contributed by atoms with van der Waals surface area (Å²) in [6.07, 6.45) is 1.51. The van der Waals surface area contributed by atoms with Crippen LogP contribution in [-0.4, -0.2) is 95.3 Å². The van der Waals surface area contributed by atoms with Crippen LogP contribution in [0.25, 0.3) is 0 Å². The van der Waals surface area contributed by atoms with Gasteiger partial charge in [0.2, 0.25) is 5.91 Å². The van der Waals surface area contributed by atoms with Crippen molar-refractivity contribution in [3.8, 4) is 0 Å². The number of rotatable bonds is 7. The number of halogens is 1. The fraction of sp³-hybridized carbons (Fsp3) is 0.682. The Bertz CT molecular complexity index is 891. The molecule has 0 aliphatic carbocycles. The van der Waals surface area contributed by atoms with Crippen LogP contribution < -0.4 is 10.2 Å². The number of nitrogens with one attached hydrogen (secondary N) is 1. The van der Waals surface area contributed by atoms with Gasteiger partial charge in [0.25, 0.3) is 0 Å². The zero-order valence-electron chi connectivity index (χ0n) is 20.0. The van der Waals surface area contributed by atoms with Gasteiger partial charge in [-0.1, -0.05) is 23.4 Å². The number of thioether (sulfide) groups is 1. The molecular weight excluding hydrogens is 480 g/mol. The van der Waals surface area contributed by atoms with Crippen molar-refractivity contribution in [1.82, 2.24) is 25.1 Å². The SMILES string of the molecule is CCNC(=O)N1CCN(c2cc(Cl)nc(SCC(=O)N3CCCC(C(=O)OCC)C3)n2)CC1C. The Balaban J connectivity index is 1.58. The molecule has 3 rings (SSSR count). The van der Waals surface area contributed by atoms with Crippen LogP contribution in [0.5, 0.6) is 0 Å². The van der Waals surface area contributed by atoms with Crippen LogP contribution in [0, 0.1) is 5.92 Å². The Morgan fingerprint density at radius 1 is 1.21 bits per heavy atom. The summed E-state index contributed by atoms with van der Waals surface area (Å²) in [7, 11) is 0. The maximum absolute atomic E-state index is 12.8. The summed E-state index contributed by atoms with van der Waals surface area (Å²) in [5, 5.41) is 3.57. The van der Waals surface area contributed by atoms with Gasteiger partial charge in [-0.05, 0) is 33.6 Å². The predicted molar refractivity (Wildman–Crippen MR) is 131 cm³/mol. The molecule has 0 aromatic carbocycles. The minimum Gasteiger partial charge on any atom is -0.466 e. The first kappa shape index (κ1) is 26.3. The number of likely N-dealkylation sites (tertiary alicyclic amines) is 1. The average Bonchev–Trinajstić information content (AvgIpc) is 2.82. The molecule has 0 spiro atoms. The quantitative estimate of drug-likeness (QED) is 0.256. The number of hydrogen-bond donors (Lipinski definition) is 1. The van der Waals surface area contributed by atoms with E-state index < -0.39 is 0 Å². The molecule has 3 heterocycles. The molecule has 12 heteroatoms. The fourth-order valence-corrected chi connectivity index (χ4v) is 5.19. The van der Waals surface area contributed by atoms with Crippen LogP contribution in [0.2, 0.25) is 5.15 Å². The van der Waals surface area contributed by atoms with Gasteiger partial charge in [0, 0.05) is 51.4 Å². The molecule has 34 heavy (non-hydrogen) atoms. The van der Waals surface area contributed by atoms with Gasteiger partial charge in [0.05, 0.1) is 18.3 Å². The molecule has 1 aromatic heterocycles. The number of urea groups is 1. The van der Waals surface area contributed by atoms with Crippen LogP contribution in [0.15, 0.2) is 11.2 Å². The smallest absolute Gasteiger partial charge is 0.317 e. The lowest BCUT2D eigenvalue weighted by molar-refractivity contribution is -0.151. The number of piperidine rings is 1. The highest BCUT2D eigenvalue weighted by Gasteiger charge is 2.30. The number of nitrogens with zero attached hydrogens (tertiary/aromatic N) is 5. The van der Waals surface area contributed by atoms with Gasteiger partial charge in [-0.15, -0.1) is 0 Å². The number of carbonyl (C=O) groups is 3. The fourth-order valence-electron chi connectivity index (χ4n) is 4.21. The Kier molecular flexibility index (Phi) is 9.63. The van der Waals surface area contributed by atoms with Crippen molar-refractivity contribution in [3.05, 3.63) is 11.2 Å². The zero-order chi connectivity index (χ0) is 24.7. The molecule has 0 saturated carbocycles. The second-order valence-electron chi connectivity index (χ2n) is 8.37. The van der Waals surface area contributed by atoms with E-state index in [1.54, 1.807) is 17.9 Å². The maximum Gasteiger partial charge on any atom is 0.317 e. The van der Waals surface area contributed by atoms with Crippen molar-refractivity contribution >= 4 is 47.1 Å². The lowest BCUT2D eigenvalue weighted by Crippen LogP contribution is -2.56. The number of carbonyl (C=O) groups excluding carboxylic acids is 3. The van der Waals surface area contributed by atoms with Crippen molar-refractivity contribution in [2.24, 2.45) is 5.92 Å². The van der Waals surface area contributed by atoms with Gasteiger partial charge in [-0.25, -0.2) is 14.8 Å². The lowest BCUT2D eigenvalue weighted by atomic mass is 9.98. The van der Waals surface area contributed by atoms with E-state index in [0.717, 1.165) is 12.8 Å². The summed E-state index contributed by atoms with van der Waals surface area (Å²) in [5.41, 5.74) is 0. The molecule has 1 N–H and O–H groups in total. The molecular formula is C22H33ClN6O4S. The number of hydrogen-bond acceptors (Lipinski definition) is 8. The highest BCUT2D eigenvalue weighted by Crippen LogP contribution is 2.25. The Morgan fingerprint density at radius 2 is 2.00 bits per heavy atom. The third kappa shape index (κ3) is 6.88. The summed E-state index contributed by atoms with van der Waals surface area (Å²) in [5.74, 6) is 0.274. The van der Waals surface area contributed by atoms with E-state index in [1.807, 2.05) is 18.7 Å². The monoisotopic (exact) mass is 512 g/mol. The van der Waals surface area contributed by atoms with E-state index in [1.165, 1.54) is 11.8 Å². The predicted octanol–water partition coefficient (Wildman–Crippen LogP) is 2.26. The molecule has 10 nitrogen and oxygen atoms in total. The second kappa shape index (κ2) is 12.4. The van der Waals surface area contributed by atoms with E-state index in [2.05, 4.69) is 20.2 Å². The third-order valence-corrected chi connectivity index (χ3v) is 6.95. The third-order valence-electron chi connectivity index (χ3n) is 5.92. The number of ether oxygens (including phenoxy) is 1. The van der Waals surface area contributed by atoms with Gasteiger partial charge in [0.15, 0.2) is 5.16 Å². The van der Waals surface area contributed by atoms with Crippen LogP contribution in [0.1, 0.15) is 33.6 Å². The van der Waals surface area contributed by atoms with E-state index in [-0.39, 0.29) is 35.6 Å². The number of anilines is 1. The first-order chi connectivity index (χ1) is 16.3. The topological polar surface area (TPSA) is 108 Å². The van der Waals surface area contributed by atoms with Crippen LogP contribution >= 0.6 is 23.4 Å². The van der Waals surface area contributed by atoms with E-state index >= 15 is 0 Å². The minimum absolute atomic E-state index is 0.0122. The molecule has 2 aliphatic heterocycles. The first-order valence-electron chi connectivity index (χ1n) is 11.7. The molecule has 188 valence electrons. The molecule has 0 bridgehead atoms. The standard InChI is InChI=1S/C22H33ClN6O4S/c1-4-24-22(32)29-10-9-27(12-15(29)3)18-11-17(23)25-21(26-18)34-14-19(30)28-8-6-7-16(13-28)20(31)33-5-2/h11,15-16H,4-10,12-14H2,1-3H3,(H,24,32). The number of esters is 1. The minimum atomic E-state index is -0.267. The van der Waals surface area contributed by atoms with Crippen molar-refractivity contribution in [2.45, 2.75) is 44.8 Å². The molecule has 2 unspecified atom stereocenters. The molecule has 3 amide bonds. The van der Waals surface area contributed by atoms with E-state index in [0.29, 0.717) is 62.0 Å². The molecule has 2 saturated heterocycles. The zero-order valence-corrected chi connectivity index (χ0v) is 21.5. The maximum atomic E-state index is 12.8. The number of amides is 3. The molecule has 0 radical (unpaired) electrons. The van der Waals surface area contributed by atoms with E-state index in [9.17, 15) is 14.4 Å². The Labute approximate surface area is 209 Å². The van der Waals surface area contributed by atoms with Crippen molar-refractivity contribution in [2.75, 3.05) is 56.5 Å². The highest BCUT2D eigenvalue weighted by atomic mass is 35.5. The summed E-state index contributed by atoms with van der Waals surface area (Å²) in [6.45, 7) is 9.45. The summed E-state index contributed by atoms with van der Waals surface area (Å²) in [4.78, 5) is 51.5. The van der Waals surface area contributed by atoms with Gasteiger partial charge in [-0.3, -0.25) is 9.59 Å². The van der Waals surface area contributed by atoms with Gasteiger partial charge < -0.3 is 24.8 Å². The van der Waals surface area contributed by atoms with Gasteiger partial charge in [-0.2, -0.15) is 0 Å². The van der Waals surface area contributed by atoms with Crippen LogP contribution in [0.3, 0.4) is 0 Å².